The molecule has 1 aliphatic rings. The van der Waals surface area contributed by atoms with E-state index in [0.717, 1.165) is 43.1 Å². The van der Waals surface area contributed by atoms with Crippen molar-refractivity contribution in [1.82, 2.24) is 10.2 Å². The summed E-state index contributed by atoms with van der Waals surface area (Å²) in [7, 11) is -3.62. The van der Waals surface area contributed by atoms with Gasteiger partial charge in [-0.2, -0.15) is 0 Å². The van der Waals surface area contributed by atoms with E-state index in [1.54, 1.807) is 11.8 Å². The summed E-state index contributed by atoms with van der Waals surface area (Å²) in [6.45, 7) is 4.06. The van der Waals surface area contributed by atoms with Crippen molar-refractivity contribution in [3.8, 4) is 0 Å². The number of hydrogen-bond donors (Lipinski definition) is 1. The molecule has 1 saturated carbocycles. The Hall–Kier alpha value is -2.94. The topological polar surface area (TPSA) is 86.8 Å². The maximum atomic E-state index is 13.4. The number of sulfonamides is 1. The van der Waals surface area contributed by atoms with E-state index in [0.29, 0.717) is 12.2 Å². The Morgan fingerprint density at radius 1 is 1.08 bits per heavy atom. The Morgan fingerprint density at radius 2 is 1.72 bits per heavy atom. The van der Waals surface area contributed by atoms with Crippen molar-refractivity contribution in [2.24, 2.45) is 0 Å². The van der Waals surface area contributed by atoms with Gasteiger partial charge < -0.3 is 10.2 Å². The fourth-order valence-corrected chi connectivity index (χ4v) is 5.52. The van der Waals surface area contributed by atoms with E-state index in [-0.39, 0.29) is 37.2 Å². The number of aryl methyl sites for hydroxylation is 1. The van der Waals surface area contributed by atoms with Crippen LogP contribution in [0, 0.1) is 12.7 Å². The molecule has 0 aliphatic heterocycles. The van der Waals surface area contributed by atoms with Crippen LogP contribution >= 0.6 is 0 Å². The van der Waals surface area contributed by atoms with Gasteiger partial charge >= 0.3 is 0 Å². The van der Waals surface area contributed by atoms with E-state index in [9.17, 15) is 22.4 Å². The second-order valence-electron chi connectivity index (χ2n) is 9.53. The number of anilines is 1. The lowest BCUT2D eigenvalue weighted by molar-refractivity contribution is -0.141. The van der Waals surface area contributed by atoms with Crippen LogP contribution < -0.4 is 9.62 Å². The number of halogens is 1. The summed E-state index contributed by atoms with van der Waals surface area (Å²) in [5.74, 6) is -0.855. The minimum Gasteiger partial charge on any atom is -0.352 e. The third kappa shape index (κ3) is 7.53. The van der Waals surface area contributed by atoms with Crippen molar-refractivity contribution in [3.05, 3.63) is 65.5 Å². The van der Waals surface area contributed by atoms with Crippen molar-refractivity contribution >= 4 is 27.5 Å². The number of nitrogens with one attached hydrogen (secondary N) is 1. The van der Waals surface area contributed by atoms with Crippen molar-refractivity contribution < 1.29 is 22.4 Å². The highest BCUT2D eigenvalue weighted by molar-refractivity contribution is 7.92. The van der Waals surface area contributed by atoms with Crippen LogP contribution in [0.3, 0.4) is 0 Å². The maximum Gasteiger partial charge on any atom is 0.242 e. The summed E-state index contributed by atoms with van der Waals surface area (Å²) < 4.78 is 39.2. The highest BCUT2D eigenvalue weighted by Crippen LogP contribution is 2.21. The fourth-order valence-electron chi connectivity index (χ4n) is 4.56. The molecular weight excluding hydrogens is 481 g/mol. The Kier molecular flexibility index (Phi) is 9.48. The van der Waals surface area contributed by atoms with Crippen LogP contribution in [0.4, 0.5) is 10.1 Å². The lowest BCUT2D eigenvalue weighted by atomic mass is 10.1. The Morgan fingerprint density at radius 3 is 2.33 bits per heavy atom. The van der Waals surface area contributed by atoms with Gasteiger partial charge in [-0.25, -0.2) is 12.8 Å². The van der Waals surface area contributed by atoms with Crippen LogP contribution in [0.15, 0.2) is 48.5 Å². The van der Waals surface area contributed by atoms with Gasteiger partial charge in [-0.05, 0) is 68.5 Å². The summed E-state index contributed by atoms with van der Waals surface area (Å²) in [5.41, 5.74) is 2.32. The first-order valence-electron chi connectivity index (χ1n) is 12.4. The van der Waals surface area contributed by atoms with E-state index in [1.807, 2.05) is 31.2 Å². The van der Waals surface area contributed by atoms with Gasteiger partial charge in [0.25, 0.3) is 0 Å². The molecule has 2 aromatic rings. The quantitative estimate of drug-likeness (QED) is 0.485. The normalized spacial score (nSPS) is 14.9. The van der Waals surface area contributed by atoms with Crippen molar-refractivity contribution in [3.63, 3.8) is 0 Å². The van der Waals surface area contributed by atoms with Gasteiger partial charge in [0.15, 0.2) is 0 Å². The average Bonchev–Trinajstić information content (AvgIpc) is 3.34. The predicted molar refractivity (Wildman–Crippen MR) is 139 cm³/mol. The first-order valence-corrected chi connectivity index (χ1v) is 14.3. The Balaban J connectivity index is 1.72. The molecule has 2 amide bonds. The Labute approximate surface area is 213 Å². The maximum absolute atomic E-state index is 13.4. The average molecular weight is 518 g/mol. The molecule has 0 saturated heterocycles. The van der Waals surface area contributed by atoms with Gasteiger partial charge in [0, 0.05) is 25.6 Å². The molecule has 0 unspecified atom stereocenters. The van der Waals surface area contributed by atoms with E-state index < -0.39 is 21.9 Å². The molecule has 0 bridgehead atoms. The minimum atomic E-state index is -3.62. The minimum absolute atomic E-state index is 0.0665. The zero-order valence-corrected chi connectivity index (χ0v) is 22.1. The summed E-state index contributed by atoms with van der Waals surface area (Å²) in [6, 6.07) is 12.4. The number of amides is 2. The van der Waals surface area contributed by atoms with Crippen molar-refractivity contribution in [2.45, 2.75) is 71.0 Å². The van der Waals surface area contributed by atoms with Gasteiger partial charge in [-0.15, -0.1) is 0 Å². The lowest BCUT2D eigenvalue weighted by Crippen LogP contribution is -2.49. The van der Waals surface area contributed by atoms with Crippen molar-refractivity contribution in [1.29, 1.82) is 0 Å². The van der Waals surface area contributed by atoms with E-state index >= 15 is 0 Å². The summed E-state index contributed by atoms with van der Waals surface area (Å²) in [5, 5.41) is 3.08. The highest BCUT2D eigenvalue weighted by atomic mass is 32.2. The third-order valence-electron chi connectivity index (χ3n) is 6.74. The number of carbonyl (C=O) groups excluding carboxylic acids is 2. The molecule has 1 fully saturated rings. The van der Waals surface area contributed by atoms with Gasteiger partial charge in [0.05, 0.1) is 11.9 Å². The molecule has 1 aliphatic carbocycles. The number of nitrogens with zero attached hydrogens (tertiary/aromatic N) is 2. The smallest absolute Gasteiger partial charge is 0.242 e. The predicted octanol–water partition coefficient (Wildman–Crippen LogP) is 4.16. The fraction of sp³-hybridized carbons (Fsp3) is 0.481. The molecule has 0 aromatic heterocycles. The van der Waals surface area contributed by atoms with Gasteiger partial charge in [-0.3, -0.25) is 13.9 Å². The van der Waals surface area contributed by atoms with Crippen LogP contribution in [-0.2, 0) is 26.2 Å². The first-order chi connectivity index (χ1) is 17.1. The SMILES string of the molecule is Cc1ccccc1CN(C(=O)CCCN(c1ccc(F)cc1)S(C)(=O)=O)[C@@H](C)C(=O)NC1CCCC1. The van der Waals surface area contributed by atoms with Crippen molar-refractivity contribution in [2.75, 3.05) is 17.1 Å². The zero-order chi connectivity index (χ0) is 26.3. The summed E-state index contributed by atoms with van der Waals surface area (Å²) in [4.78, 5) is 28.0. The molecule has 3 rings (SSSR count). The summed E-state index contributed by atoms with van der Waals surface area (Å²) >= 11 is 0. The van der Waals surface area contributed by atoms with Gasteiger partial charge in [0.2, 0.25) is 21.8 Å². The second-order valence-corrected chi connectivity index (χ2v) is 11.4. The molecule has 196 valence electrons. The highest BCUT2D eigenvalue weighted by Gasteiger charge is 2.29. The molecule has 0 heterocycles. The van der Waals surface area contributed by atoms with E-state index in [4.69, 9.17) is 0 Å². The molecule has 9 heteroatoms. The molecule has 0 spiro atoms. The molecule has 7 nitrogen and oxygen atoms in total. The molecule has 2 aromatic carbocycles. The Bertz CT molecular complexity index is 1150. The van der Waals surface area contributed by atoms with E-state index in [1.165, 1.54) is 28.6 Å². The van der Waals surface area contributed by atoms with Gasteiger partial charge in [0.1, 0.15) is 11.9 Å². The molecule has 0 radical (unpaired) electrons. The monoisotopic (exact) mass is 517 g/mol. The first kappa shape index (κ1) is 27.6. The van der Waals surface area contributed by atoms with Crippen LogP contribution in [-0.4, -0.2) is 50.0 Å². The van der Waals surface area contributed by atoms with Crippen LogP contribution in [0.1, 0.15) is 56.6 Å². The standard InChI is InChI=1S/C27H36FN3O4S/c1-20-9-4-5-10-22(20)19-30(21(2)27(33)29-24-11-6-7-12-24)26(32)13-8-18-31(36(3,34)35)25-16-14-23(28)15-17-25/h4-5,9-10,14-17,21,24H,6-8,11-13,18-19H2,1-3H3,(H,29,33)/t21-/m0/s1. The lowest BCUT2D eigenvalue weighted by Gasteiger charge is -2.30. The summed E-state index contributed by atoms with van der Waals surface area (Å²) in [6.07, 6.45) is 5.50. The van der Waals surface area contributed by atoms with E-state index in [2.05, 4.69) is 5.32 Å². The van der Waals surface area contributed by atoms with Crippen LogP contribution in [0.2, 0.25) is 0 Å². The molecule has 36 heavy (non-hydrogen) atoms. The number of benzene rings is 2. The third-order valence-corrected chi connectivity index (χ3v) is 7.93. The number of hydrogen-bond acceptors (Lipinski definition) is 4. The van der Waals surface area contributed by atoms with Crippen LogP contribution in [0.25, 0.3) is 0 Å². The largest absolute Gasteiger partial charge is 0.352 e. The molecule has 1 atom stereocenters. The van der Waals surface area contributed by atoms with Gasteiger partial charge in [-0.1, -0.05) is 37.1 Å². The number of carbonyl (C=O) groups is 2. The van der Waals surface area contributed by atoms with Crippen LogP contribution in [0.5, 0.6) is 0 Å². The zero-order valence-electron chi connectivity index (χ0n) is 21.2. The second kappa shape index (κ2) is 12.3. The molecular formula is C27H36FN3O4S. The molecule has 1 N–H and O–H groups in total. The number of rotatable bonds is 11.